The summed E-state index contributed by atoms with van der Waals surface area (Å²) in [6.07, 6.45) is 0. The molecule has 1 atom stereocenters. The molecule has 1 saturated heterocycles. The van der Waals surface area contributed by atoms with E-state index in [-0.39, 0.29) is 12.1 Å². The number of sulfone groups is 1. The number of carbonyl (C=O) groups excluding carboxylic acids is 2. The van der Waals surface area contributed by atoms with E-state index in [0.29, 0.717) is 16.9 Å². The van der Waals surface area contributed by atoms with Crippen molar-refractivity contribution >= 4 is 49.0 Å². The molecule has 2 heterocycles. The SMILES string of the molecule is O=C1CS(=O)(=O)C2(C(=O)N(Cc3cccc(F)c3)c3ccccc32)N1c1ccc(Br)cc1. The van der Waals surface area contributed by atoms with Gasteiger partial charge in [-0.25, -0.2) is 12.8 Å². The van der Waals surface area contributed by atoms with Crippen LogP contribution in [0.15, 0.2) is 77.3 Å². The lowest BCUT2D eigenvalue weighted by Gasteiger charge is -2.32. The number of fused-ring (bicyclic) bond motifs is 2. The Bertz CT molecular complexity index is 1380. The van der Waals surface area contributed by atoms with Crippen LogP contribution in [0, 0.1) is 5.82 Å². The summed E-state index contributed by atoms with van der Waals surface area (Å²) in [5.41, 5.74) is 1.40. The van der Waals surface area contributed by atoms with Gasteiger partial charge in [0.1, 0.15) is 11.6 Å². The Morgan fingerprint density at radius 2 is 1.69 bits per heavy atom. The summed E-state index contributed by atoms with van der Waals surface area (Å²) in [4.78, 5) is 27.1. The van der Waals surface area contributed by atoms with Crippen LogP contribution < -0.4 is 9.80 Å². The van der Waals surface area contributed by atoms with Gasteiger partial charge < -0.3 is 4.90 Å². The molecule has 0 bridgehead atoms. The lowest BCUT2D eigenvalue weighted by atomic mass is 10.0. The number of hydrogen-bond acceptors (Lipinski definition) is 4. The molecule has 6 nitrogen and oxygen atoms in total. The normalized spacial score (nSPS) is 21.4. The van der Waals surface area contributed by atoms with E-state index < -0.39 is 38.1 Å². The smallest absolute Gasteiger partial charge is 0.274 e. The minimum absolute atomic E-state index is 0.0345. The molecule has 0 aromatic heterocycles. The number of carbonyl (C=O) groups is 2. The van der Waals surface area contributed by atoms with Crippen molar-refractivity contribution in [3.63, 3.8) is 0 Å². The molecule has 0 N–H and O–H groups in total. The Labute approximate surface area is 192 Å². The highest BCUT2D eigenvalue weighted by molar-refractivity contribution is 9.10. The maximum atomic E-state index is 13.9. The molecule has 1 spiro atoms. The van der Waals surface area contributed by atoms with Crippen molar-refractivity contribution in [2.24, 2.45) is 0 Å². The minimum atomic E-state index is -4.24. The second kappa shape index (κ2) is 7.25. The summed E-state index contributed by atoms with van der Waals surface area (Å²) in [6, 6.07) is 18.8. The molecule has 9 heteroatoms. The van der Waals surface area contributed by atoms with E-state index in [9.17, 15) is 22.4 Å². The number of amides is 2. The minimum Gasteiger partial charge on any atom is -0.304 e. The zero-order valence-corrected chi connectivity index (χ0v) is 18.9. The van der Waals surface area contributed by atoms with E-state index in [1.807, 2.05) is 0 Å². The molecular formula is C23H16BrFN2O4S. The van der Waals surface area contributed by atoms with Crippen molar-refractivity contribution in [1.82, 2.24) is 0 Å². The summed E-state index contributed by atoms with van der Waals surface area (Å²) >= 11 is 3.33. The Balaban J connectivity index is 1.73. The average Bonchev–Trinajstić information content (AvgIpc) is 3.12. The van der Waals surface area contributed by atoms with Gasteiger partial charge in [0.15, 0.2) is 9.84 Å². The van der Waals surface area contributed by atoms with E-state index in [2.05, 4.69) is 15.9 Å². The van der Waals surface area contributed by atoms with Gasteiger partial charge >= 0.3 is 0 Å². The highest BCUT2D eigenvalue weighted by Crippen LogP contribution is 2.52. The average molecular weight is 515 g/mol. The van der Waals surface area contributed by atoms with Crippen LogP contribution in [0.2, 0.25) is 0 Å². The van der Waals surface area contributed by atoms with Crippen molar-refractivity contribution in [3.8, 4) is 0 Å². The number of hydrogen-bond donors (Lipinski definition) is 0. The van der Waals surface area contributed by atoms with Gasteiger partial charge in [-0.05, 0) is 48.0 Å². The summed E-state index contributed by atoms with van der Waals surface area (Å²) in [5, 5.41) is 0. The third-order valence-electron chi connectivity index (χ3n) is 5.74. The zero-order valence-electron chi connectivity index (χ0n) is 16.5. The third-order valence-corrected chi connectivity index (χ3v) is 8.37. The quantitative estimate of drug-likeness (QED) is 0.533. The molecule has 0 saturated carbocycles. The molecular weight excluding hydrogens is 499 g/mol. The van der Waals surface area contributed by atoms with Crippen molar-refractivity contribution in [2.75, 3.05) is 15.6 Å². The summed E-state index contributed by atoms with van der Waals surface area (Å²) in [5.74, 6) is -2.67. The van der Waals surface area contributed by atoms with Gasteiger partial charge in [-0.2, -0.15) is 0 Å². The Kier molecular flexibility index (Phi) is 4.72. The van der Waals surface area contributed by atoms with Gasteiger partial charge in [-0.15, -0.1) is 0 Å². The second-order valence-electron chi connectivity index (χ2n) is 7.65. The van der Waals surface area contributed by atoms with Crippen molar-refractivity contribution in [3.05, 3.63) is 94.2 Å². The number of para-hydroxylation sites is 1. The van der Waals surface area contributed by atoms with Crippen LogP contribution >= 0.6 is 15.9 Å². The topological polar surface area (TPSA) is 74.8 Å². The maximum Gasteiger partial charge on any atom is 0.274 e. The van der Waals surface area contributed by atoms with Crippen LogP contribution in [0.3, 0.4) is 0 Å². The fourth-order valence-corrected chi connectivity index (χ4v) is 6.75. The number of anilines is 2. The van der Waals surface area contributed by atoms with Crippen molar-refractivity contribution in [2.45, 2.75) is 11.4 Å². The molecule has 1 unspecified atom stereocenters. The first-order chi connectivity index (χ1) is 15.3. The van der Waals surface area contributed by atoms with Gasteiger partial charge in [0, 0.05) is 15.7 Å². The molecule has 0 aliphatic carbocycles. The third kappa shape index (κ3) is 2.84. The zero-order chi connectivity index (χ0) is 22.7. The van der Waals surface area contributed by atoms with E-state index in [0.717, 1.165) is 9.37 Å². The van der Waals surface area contributed by atoms with Crippen molar-refractivity contribution in [1.29, 1.82) is 0 Å². The number of benzene rings is 3. The van der Waals surface area contributed by atoms with Gasteiger partial charge in [-0.3, -0.25) is 14.5 Å². The molecule has 3 aromatic carbocycles. The highest BCUT2D eigenvalue weighted by Gasteiger charge is 2.69. The van der Waals surface area contributed by atoms with E-state index in [1.54, 1.807) is 54.6 Å². The lowest BCUT2D eigenvalue weighted by molar-refractivity contribution is -0.123. The second-order valence-corrected chi connectivity index (χ2v) is 10.7. The number of halogens is 2. The van der Waals surface area contributed by atoms with Crippen LogP contribution in [-0.2, 0) is 30.8 Å². The number of nitrogens with zero attached hydrogens (tertiary/aromatic N) is 2. The van der Waals surface area contributed by atoms with Crippen molar-refractivity contribution < 1.29 is 22.4 Å². The highest BCUT2D eigenvalue weighted by atomic mass is 79.9. The predicted molar refractivity (Wildman–Crippen MR) is 121 cm³/mol. The maximum absolute atomic E-state index is 13.9. The molecule has 3 aromatic rings. The van der Waals surface area contributed by atoms with E-state index >= 15 is 0 Å². The fourth-order valence-electron chi connectivity index (χ4n) is 4.46. The Hall–Kier alpha value is -3.04. The van der Waals surface area contributed by atoms with Crippen LogP contribution in [-0.4, -0.2) is 26.0 Å². The van der Waals surface area contributed by atoms with Gasteiger partial charge in [0.05, 0.1) is 12.2 Å². The lowest BCUT2D eigenvalue weighted by Crippen LogP contribution is -2.54. The molecule has 2 aliphatic heterocycles. The molecule has 2 amide bonds. The predicted octanol–water partition coefficient (Wildman–Crippen LogP) is 3.75. The first-order valence-corrected chi connectivity index (χ1v) is 12.2. The van der Waals surface area contributed by atoms with E-state index in [1.165, 1.54) is 23.1 Å². The van der Waals surface area contributed by atoms with Gasteiger partial charge in [0.2, 0.25) is 5.91 Å². The van der Waals surface area contributed by atoms with Gasteiger partial charge in [0.25, 0.3) is 10.8 Å². The number of rotatable bonds is 3. The summed E-state index contributed by atoms with van der Waals surface area (Å²) in [6.45, 7) is -0.0345. The molecule has 32 heavy (non-hydrogen) atoms. The van der Waals surface area contributed by atoms with Crippen LogP contribution in [0.4, 0.5) is 15.8 Å². The van der Waals surface area contributed by atoms with E-state index in [4.69, 9.17) is 0 Å². The Morgan fingerprint density at radius 1 is 0.969 bits per heavy atom. The first kappa shape index (κ1) is 20.8. The Morgan fingerprint density at radius 3 is 2.41 bits per heavy atom. The molecule has 5 rings (SSSR count). The van der Waals surface area contributed by atoms with Crippen LogP contribution in [0.25, 0.3) is 0 Å². The largest absolute Gasteiger partial charge is 0.304 e. The standard InChI is InChI=1S/C23H16BrFN2O4S/c24-16-8-10-18(11-9-16)27-21(28)14-32(30,31)23(27)19-6-1-2-7-20(19)26(22(23)29)13-15-4-3-5-17(25)12-15/h1-12H,13-14H2. The molecule has 2 aliphatic rings. The monoisotopic (exact) mass is 514 g/mol. The first-order valence-electron chi connectivity index (χ1n) is 9.72. The van der Waals surface area contributed by atoms with Gasteiger partial charge in [-0.1, -0.05) is 46.3 Å². The van der Waals surface area contributed by atoms with Crippen LogP contribution in [0.1, 0.15) is 11.1 Å². The summed E-state index contributed by atoms with van der Waals surface area (Å²) in [7, 11) is -4.24. The molecule has 0 radical (unpaired) electrons. The fraction of sp³-hybridized carbons (Fsp3) is 0.130. The molecule has 162 valence electrons. The molecule has 1 fully saturated rings. The summed E-state index contributed by atoms with van der Waals surface area (Å²) < 4.78 is 41.5. The van der Waals surface area contributed by atoms with Crippen LogP contribution in [0.5, 0.6) is 0 Å².